The zero-order valence-corrected chi connectivity index (χ0v) is 18.1. The average molecular weight is 391 g/mol. The van der Waals surface area contributed by atoms with Gasteiger partial charge in [-0.15, -0.1) is 38.5 Å². The van der Waals surface area contributed by atoms with Crippen molar-refractivity contribution >= 4 is 11.6 Å². The Kier molecular flexibility index (Phi) is 8.30. The van der Waals surface area contributed by atoms with Gasteiger partial charge < -0.3 is 0 Å². The van der Waals surface area contributed by atoms with Crippen molar-refractivity contribution in [1.29, 1.82) is 0 Å². The summed E-state index contributed by atoms with van der Waals surface area (Å²) in [5.74, 6) is 2.91. The Morgan fingerprint density at radius 3 is 2.17 bits per heavy atom. The third-order valence-electron chi connectivity index (χ3n) is 8.05. The summed E-state index contributed by atoms with van der Waals surface area (Å²) in [7, 11) is 0. The molecule has 0 bridgehead atoms. The lowest BCUT2D eigenvalue weighted by Gasteiger charge is -2.56. The second kappa shape index (κ2) is 9.81. The summed E-state index contributed by atoms with van der Waals surface area (Å²) in [6.07, 6.45) is 36.8. The van der Waals surface area contributed by atoms with Crippen LogP contribution in [0.4, 0.5) is 0 Å². The van der Waals surface area contributed by atoms with Gasteiger partial charge in [0.25, 0.3) is 0 Å². The van der Waals surface area contributed by atoms with E-state index >= 15 is 0 Å². The van der Waals surface area contributed by atoms with Crippen molar-refractivity contribution in [3.8, 4) is 38.5 Å². The number of Topliss-reactive ketones (excluding diaryl/α,β-unsaturated/α-hetero) is 1. The van der Waals surface area contributed by atoms with Crippen molar-refractivity contribution < 1.29 is 9.59 Å². The molecule has 0 aliphatic heterocycles. The standard InChI is InChI=1S/C21H28O2.3C2H2/c1-13(22)17-6-7-18-16-5-4-14-12-15(23)8-10-20(14,2)19(16)9-11-21(17,18)3;3*1-2/h8,10,12,16-19H,4-7,9,11H2,1-3H3;3*1-2H/t16?,17-,18?,19?,20+,21-;;;/m1.../s1. The first-order valence-electron chi connectivity index (χ1n) is 10.3. The molecule has 4 aliphatic carbocycles. The van der Waals surface area contributed by atoms with Gasteiger partial charge >= 0.3 is 0 Å². The van der Waals surface area contributed by atoms with Gasteiger partial charge in [0.05, 0.1) is 0 Å². The molecular weight excluding hydrogens is 356 g/mol. The van der Waals surface area contributed by atoms with Gasteiger partial charge in [0.1, 0.15) is 5.78 Å². The highest BCUT2D eigenvalue weighted by molar-refractivity contribution is 6.01. The maximum absolute atomic E-state index is 12.1. The molecule has 6 atom stereocenters. The maximum Gasteiger partial charge on any atom is 0.178 e. The fraction of sp³-hybridized carbons (Fsp3) is 0.556. The van der Waals surface area contributed by atoms with Gasteiger partial charge in [-0.25, -0.2) is 0 Å². The summed E-state index contributed by atoms with van der Waals surface area (Å²) >= 11 is 0. The van der Waals surface area contributed by atoms with E-state index in [0.29, 0.717) is 17.6 Å². The molecule has 2 heteroatoms. The van der Waals surface area contributed by atoms with Crippen LogP contribution in [0.2, 0.25) is 0 Å². The van der Waals surface area contributed by atoms with Crippen LogP contribution in [0.3, 0.4) is 0 Å². The van der Waals surface area contributed by atoms with Crippen LogP contribution in [-0.4, -0.2) is 11.6 Å². The Morgan fingerprint density at radius 2 is 1.59 bits per heavy atom. The lowest BCUT2D eigenvalue weighted by atomic mass is 9.47. The fourth-order valence-electron chi connectivity index (χ4n) is 6.87. The molecule has 0 N–H and O–H groups in total. The van der Waals surface area contributed by atoms with E-state index in [-0.39, 0.29) is 22.5 Å². The predicted octanol–water partition coefficient (Wildman–Crippen LogP) is 5.25. The average Bonchev–Trinajstić information content (AvgIpc) is 3.10. The molecule has 29 heavy (non-hydrogen) atoms. The van der Waals surface area contributed by atoms with Crippen molar-refractivity contribution in [2.24, 2.45) is 34.5 Å². The molecular formula is C27H34O2. The van der Waals surface area contributed by atoms with Crippen LogP contribution < -0.4 is 0 Å². The fourth-order valence-corrected chi connectivity index (χ4v) is 6.87. The summed E-state index contributed by atoms with van der Waals surface area (Å²) in [4.78, 5) is 23.9. The molecule has 0 saturated heterocycles. The number of carbonyl (C=O) groups is 2. The van der Waals surface area contributed by atoms with Gasteiger partial charge in [-0.05, 0) is 80.8 Å². The highest BCUT2D eigenvalue weighted by atomic mass is 16.1. The predicted molar refractivity (Wildman–Crippen MR) is 120 cm³/mol. The molecule has 4 aliphatic rings. The molecule has 0 heterocycles. The Morgan fingerprint density at radius 1 is 0.966 bits per heavy atom. The lowest BCUT2D eigenvalue weighted by Crippen LogP contribution is -2.50. The number of terminal acetylenes is 3. The minimum Gasteiger partial charge on any atom is -0.300 e. The SMILES string of the molecule is C#C.C#C.C#C.CC(=O)[C@H]1CCC2C3CCC4=CC(=O)C=C[C@]4(C)C3CC[C@@]21C. The number of ketones is 2. The minimum atomic E-state index is 0.0759. The number of carbonyl (C=O) groups excluding carboxylic acids is 2. The van der Waals surface area contributed by atoms with E-state index in [1.807, 2.05) is 6.08 Å². The topological polar surface area (TPSA) is 34.1 Å². The molecule has 0 aromatic carbocycles. The Hall–Kier alpha value is -2.50. The smallest absolute Gasteiger partial charge is 0.178 e. The lowest BCUT2D eigenvalue weighted by molar-refractivity contribution is -0.127. The summed E-state index contributed by atoms with van der Waals surface area (Å²) in [5.41, 5.74) is 1.65. The maximum atomic E-state index is 12.1. The third-order valence-corrected chi connectivity index (χ3v) is 8.05. The first kappa shape index (κ1) is 24.5. The van der Waals surface area contributed by atoms with Crippen molar-refractivity contribution in [3.05, 3.63) is 23.8 Å². The number of allylic oxidation sites excluding steroid dienone is 4. The van der Waals surface area contributed by atoms with E-state index in [4.69, 9.17) is 0 Å². The summed E-state index contributed by atoms with van der Waals surface area (Å²) < 4.78 is 0. The largest absolute Gasteiger partial charge is 0.300 e. The van der Waals surface area contributed by atoms with Crippen molar-refractivity contribution in [1.82, 2.24) is 0 Å². The van der Waals surface area contributed by atoms with Gasteiger partial charge in [0.2, 0.25) is 0 Å². The highest BCUT2D eigenvalue weighted by Gasteiger charge is 2.59. The first-order valence-corrected chi connectivity index (χ1v) is 10.3. The molecule has 4 rings (SSSR count). The third kappa shape index (κ3) is 3.98. The van der Waals surface area contributed by atoms with Gasteiger partial charge in [-0.1, -0.05) is 25.5 Å². The monoisotopic (exact) mass is 390 g/mol. The van der Waals surface area contributed by atoms with Gasteiger partial charge in [-0.3, -0.25) is 9.59 Å². The van der Waals surface area contributed by atoms with Crippen molar-refractivity contribution in [2.45, 2.75) is 59.3 Å². The second-order valence-corrected chi connectivity index (χ2v) is 8.89. The van der Waals surface area contributed by atoms with Crippen LogP contribution in [0, 0.1) is 73.0 Å². The van der Waals surface area contributed by atoms with Crippen LogP contribution >= 0.6 is 0 Å². The van der Waals surface area contributed by atoms with Crippen LogP contribution in [-0.2, 0) is 9.59 Å². The van der Waals surface area contributed by atoms with Crippen LogP contribution in [0.25, 0.3) is 0 Å². The van der Waals surface area contributed by atoms with Crippen molar-refractivity contribution in [2.75, 3.05) is 0 Å². The van der Waals surface area contributed by atoms with Crippen LogP contribution in [0.1, 0.15) is 59.3 Å². The van der Waals surface area contributed by atoms with E-state index in [1.54, 1.807) is 13.0 Å². The number of hydrogen-bond donors (Lipinski definition) is 0. The van der Waals surface area contributed by atoms with Gasteiger partial charge in [0, 0.05) is 11.3 Å². The Balaban J connectivity index is 0.000000644. The van der Waals surface area contributed by atoms with E-state index in [9.17, 15) is 9.59 Å². The van der Waals surface area contributed by atoms with E-state index in [1.165, 1.54) is 31.3 Å². The zero-order valence-electron chi connectivity index (χ0n) is 18.1. The summed E-state index contributed by atoms with van der Waals surface area (Å²) in [6.45, 7) is 6.53. The quantitative estimate of drug-likeness (QED) is 0.573. The molecule has 3 saturated carbocycles. The summed E-state index contributed by atoms with van der Waals surface area (Å²) in [6, 6.07) is 0. The van der Waals surface area contributed by atoms with Crippen molar-refractivity contribution in [3.63, 3.8) is 0 Å². The molecule has 0 radical (unpaired) electrons. The molecule has 2 nitrogen and oxygen atoms in total. The number of fused-ring (bicyclic) bond motifs is 5. The van der Waals surface area contributed by atoms with E-state index in [2.05, 4.69) is 58.5 Å². The van der Waals surface area contributed by atoms with Crippen LogP contribution in [0.5, 0.6) is 0 Å². The molecule has 0 amide bonds. The van der Waals surface area contributed by atoms with Gasteiger partial charge in [0.15, 0.2) is 5.78 Å². The van der Waals surface area contributed by atoms with E-state index in [0.717, 1.165) is 18.8 Å². The minimum absolute atomic E-state index is 0.0759. The normalized spacial score (nSPS) is 38.5. The summed E-state index contributed by atoms with van der Waals surface area (Å²) in [5, 5.41) is 0. The van der Waals surface area contributed by atoms with Gasteiger partial charge in [-0.2, -0.15) is 0 Å². The first-order chi connectivity index (χ1) is 13.9. The molecule has 3 fully saturated rings. The molecule has 154 valence electrons. The molecule has 0 aromatic rings. The molecule has 0 spiro atoms. The number of rotatable bonds is 1. The Bertz CT molecular complexity index is 732. The van der Waals surface area contributed by atoms with E-state index < -0.39 is 0 Å². The molecule has 0 aromatic heterocycles. The highest BCUT2D eigenvalue weighted by Crippen LogP contribution is 2.65. The number of hydrogen-bond acceptors (Lipinski definition) is 2. The zero-order chi connectivity index (χ0) is 22.4. The molecule has 3 unspecified atom stereocenters. The second-order valence-electron chi connectivity index (χ2n) is 8.89. The van der Waals surface area contributed by atoms with Crippen LogP contribution in [0.15, 0.2) is 23.8 Å². The Labute approximate surface area is 177 Å².